The maximum atomic E-state index is 12.1. The first-order chi connectivity index (χ1) is 9.13. The van der Waals surface area contributed by atoms with E-state index in [4.69, 9.17) is 21.1 Å². The maximum Gasteiger partial charge on any atom is 0.226 e. The van der Waals surface area contributed by atoms with E-state index in [1.807, 2.05) is 19.1 Å². The predicted octanol–water partition coefficient (Wildman–Crippen LogP) is 2.39. The first-order valence-corrected chi connectivity index (χ1v) is 6.72. The number of hydrogen-bond donors (Lipinski definition) is 1. The van der Waals surface area contributed by atoms with E-state index in [1.165, 1.54) is 0 Å². The van der Waals surface area contributed by atoms with Crippen LogP contribution in [0.1, 0.15) is 18.9 Å². The topological polar surface area (TPSA) is 47.6 Å². The van der Waals surface area contributed by atoms with Gasteiger partial charge in [0.15, 0.2) is 0 Å². The van der Waals surface area contributed by atoms with Crippen LogP contribution in [0.4, 0.5) is 0 Å². The maximum absolute atomic E-state index is 12.1. The molecule has 1 N–H and O–H groups in total. The van der Waals surface area contributed by atoms with Gasteiger partial charge in [-0.2, -0.15) is 0 Å². The van der Waals surface area contributed by atoms with E-state index in [2.05, 4.69) is 5.32 Å². The SMILES string of the molecule is COc1cccc(Cl)c1CNC(=O)[C@H]1CCO[C@H]1C. The van der Waals surface area contributed by atoms with Gasteiger partial charge < -0.3 is 14.8 Å². The largest absolute Gasteiger partial charge is 0.496 e. The lowest BCUT2D eigenvalue weighted by molar-refractivity contribution is -0.126. The highest BCUT2D eigenvalue weighted by Gasteiger charge is 2.30. The highest BCUT2D eigenvalue weighted by Crippen LogP contribution is 2.26. The molecule has 2 atom stereocenters. The van der Waals surface area contributed by atoms with Crippen LogP contribution >= 0.6 is 11.6 Å². The van der Waals surface area contributed by atoms with E-state index in [1.54, 1.807) is 13.2 Å². The van der Waals surface area contributed by atoms with Crippen molar-refractivity contribution in [1.82, 2.24) is 5.32 Å². The molecule has 104 valence electrons. The standard InChI is InChI=1S/C14H18ClNO3/c1-9-10(6-7-19-9)14(17)16-8-11-12(15)4-3-5-13(11)18-2/h3-5,9-10H,6-8H2,1-2H3,(H,16,17)/t9-,10-/m0/s1. The fourth-order valence-electron chi connectivity index (χ4n) is 2.28. The molecule has 1 amide bonds. The molecular weight excluding hydrogens is 266 g/mol. The summed E-state index contributed by atoms with van der Waals surface area (Å²) in [6, 6.07) is 5.43. The molecule has 1 aromatic carbocycles. The summed E-state index contributed by atoms with van der Waals surface area (Å²) in [4.78, 5) is 12.1. The molecule has 0 unspecified atom stereocenters. The van der Waals surface area contributed by atoms with E-state index in [0.29, 0.717) is 23.9 Å². The number of carbonyl (C=O) groups is 1. The van der Waals surface area contributed by atoms with Crippen LogP contribution in [0.15, 0.2) is 18.2 Å². The number of amides is 1. The molecule has 1 fully saturated rings. The average Bonchev–Trinajstić information content (AvgIpc) is 2.83. The Morgan fingerprint density at radius 1 is 1.58 bits per heavy atom. The van der Waals surface area contributed by atoms with Crippen LogP contribution in [-0.4, -0.2) is 25.7 Å². The summed E-state index contributed by atoms with van der Waals surface area (Å²) in [7, 11) is 1.59. The van der Waals surface area contributed by atoms with Gasteiger partial charge >= 0.3 is 0 Å². The summed E-state index contributed by atoms with van der Waals surface area (Å²) in [6.45, 7) is 2.94. The molecule has 2 rings (SSSR count). The minimum absolute atomic E-state index is 0.00646. The molecule has 1 aromatic rings. The zero-order chi connectivity index (χ0) is 13.8. The minimum atomic E-state index is -0.0755. The van der Waals surface area contributed by atoms with Gasteiger partial charge in [-0.1, -0.05) is 17.7 Å². The molecule has 0 bridgehead atoms. The molecule has 1 aliphatic rings. The Labute approximate surface area is 118 Å². The van der Waals surface area contributed by atoms with Crippen molar-refractivity contribution in [2.45, 2.75) is 26.0 Å². The van der Waals surface area contributed by atoms with Crippen molar-refractivity contribution in [3.63, 3.8) is 0 Å². The first-order valence-electron chi connectivity index (χ1n) is 6.34. The van der Waals surface area contributed by atoms with E-state index in [9.17, 15) is 4.79 Å². The molecule has 1 aliphatic heterocycles. The van der Waals surface area contributed by atoms with E-state index in [0.717, 1.165) is 12.0 Å². The van der Waals surface area contributed by atoms with Gasteiger partial charge in [0, 0.05) is 23.7 Å². The monoisotopic (exact) mass is 283 g/mol. The second-order valence-corrected chi connectivity index (χ2v) is 5.02. The summed E-state index contributed by atoms with van der Waals surface area (Å²) in [5.74, 6) is 0.615. The van der Waals surface area contributed by atoms with Crippen LogP contribution in [0.2, 0.25) is 5.02 Å². The van der Waals surface area contributed by atoms with Crippen LogP contribution in [0.25, 0.3) is 0 Å². The van der Waals surface area contributed by atoms with Crippen LogP contribution < -0.4 is 10.1 Å². The Morgan fingerprint density at radius 2 is 2.37 bits per heavy atom. The zero-order valence-corrected chi connectivity index (χ0v) is 11.9. The highest BCUT2D eigenvalue weighted by molar-refractivity contribution is 6.31. The Hall–Kier alpha value is -1.26. The van der Waals surface area contributed by atoms with Crippen LogP contribution in [-0.2, 0) is 16.1 Å². The van der Waals surface area contributed by atoms with E-state index < -0.39 is 0 Å². The number of nitrogens with one attached hydrogen (secondary N) is 1. The van der Waals surface area contributed by atoms with Crippen molar-refractivity contribution in [3.05, 3.63) is 28.8 Å². The number of hydrogen-bond acceptors (Lipinski definition) is 3. The van der Waals surface area contributed by atoms with E-state index in [-0.39, 0.29) is 17.9 Å². The van der Waals surface area contributed by atoms with Gasteiger partial charge in [0.05, 0.1) is 19.1 Å². The van der Waals surface area contributed by atoms with Gasteiger partial charge in [-0.15, -0.1) is 0 Å². The molecule has 4 nitrogen and oxygen atoms in total. The van der Waals surface area contributed by atoms with Gasteiger partial charge in [0.25, 0.3) is 0 Å². The second-order valence-electron chi connectivity index (χ2n) is 4.61. The number of carbonyl (C=O) groups excluding carboxylic acids is 1. The summed E-state index contributed by atoms with van der Waals surface area (Å²) in [5, 5.41) is 3.50. The third-order valence-corrected chi connectivity index (χ3v) is 3.80. The van der Waals surface area contributed by atoms with Crippen molar-refractivity contribution in [3.8, 4) is 5.75 Å². The van der Waals surface area contributed by atoms with Crippen molar-refractivity contribution >= 4 is 17.5 Å². The average molecular weight is 284 g/mol. The molecule has 1 heterocycles. The van der Waals surface area contributed by atoms with E-state index >= 15 is 0 Å². The molecular formula is C14H18ClNO3. The molecule has 0 aliphatic carbocycles. The van der Waals surface area contributed by atoms with Gasteiger partial charge in [0.2, 0.25) is 5.91 Å². The predicted molar refractivity (Wildman–Crippen MR) is 73.4 cm³/mol. The van der Waals surface area contributed by atoms with Gasteiger partial charge in [0.1, 0.15) is 5.75 Å². The second kappa shape index (κ2) is 6.26. The number of rotatable bonds is 4. The van der Waals surface area contributed by atoms with Gasteiger partial charge in [-0.05, 0) is 25.5 Å². The molecule has 0 radical (unpaired) electrons. The summed E-state index contributed by atoms with van der Waals surface area (Å²) in [5.41, 5.74) is 0.798. The highest BCUT2D eigenvalue weighted by atomic mass is 35.5. The lowest BCUT2D eigenvalue weighted by Gasteiger charge is -2.15. The summed E-state index contributed by atoms with van der Waals surface area (Å²) >= 11 is 6.12. The molecule has 0 aromatic heterocycles. The lowest BCUT2D eigenvalue weighted by Crippen LogP contribution is -2.33. The van der Waals surface area contributed by atoms with Crippen molar-refractivity contribution in [2.24, 2.45) is 5.92 Å². The quantitative estimate of drug-likeness (QED) is 0.923. The van der Waals surface area contributed by atoms with Gasteiger partial charge in [-0.3, -0.25) is 4.79 Å². The van der Waals surface area contributed by atoms with Crippen molar-refractivity contribution < 1.29 is 14.3 Å². The Kier molecular flexibility index (Phi) is 4.66. The number of ether oxygens (including phenoxy) is 2. The summed E-state index contributed by atoms with van der Waals surface area (Å²) < 4.78 is 10.6. The number of benzene rings is 1. The fourth-order valence-corrected chi connectivity index (χ4v) is 2.52. The number of methoxy groups -OCH3 is 1. The third kappa shape index (κ3) is 3.19. The van der Waals surface area contributed by atoms with Gasteiger partial charge in [-0.25, -0.2) is 0 Å². The Morgan fingerprint density at radius 3 is 3.00 bits per heavy atom. The third-order valence-electron chi connectivity index (χ3n) is 3.45. The normalized spacial score (nSPS) is 22.3. The smallest absolute Gasteiger partial charge is 0.226 e. The fraction of sp³-hybridized carbons (Fsp3) is 0.500. The molecule has 1 saturated heterocycles. The molecule has 0 saturated carbocycles. The van der Waals surface area contributed by atoms with Crippen LogP contribution in [0.5, 0.6) is 5.75 Å². The molecule has 0 spiro atoms. The lowest BCUT2D eigenvalue weighted by atomic mass is 10.0. The van der Waals surface area contributed by atoms with Crippen molar-refractivity contribution in [2.75, 3.05) is 13.7 Å². The van der Waals surface area contributed by atoms with Crippen LogP contribution in [0.3, 0.4) is 0 Å². The molecule has 5 heteroatoms. The molecule has 19 heavy (non-hydrogen) atoms. The van der Waals surface area contributed by atoms with Crippen LogP contribution in [0, 0.1) is 5.92 Å². The Bertz CT molecular complexity index is 464. The Balaban J connectivity index is 2.00. The minimum Gasteiger partial charge on any atom is -0.496 e. The first kappa shape index (κ1) is 14.2. The van der Waals surface area contributed by atoms with Crippen molar-refractivity contribution in [1.29, 1.82) is 0 Å². The zero-order valence-electron chi connectivity index (χ0n) is 11.1. The number of halogens is 1. The summed E-state index contributed by atoms with van der Waals surface area (Å²) in [6.07, 6.45) is 0.750.